The van der Waals surface area contributed by atoms with Gasteiger partial charge in [0.1, 0.15) is 0 Å². The van der Waals surface area contributed by atoms with Crippen molar-refractivity contribution in [2.24, 2.45) is 26.3 Å². The SMILES string of the molecule is Cn1ncc2c1CCCC2=NO.Cn1ncc2c1CCCC2=O.Cn1ncc2c1CCCNC2=O. The van der Waals surface area contributed by atoms with E-state index in [2.05, 4.69) is 25.8 Å². The van der Waals surface area contributed by atoms with Gasteiger partial charge < -0.3 is 10.5 Å². The van der Waals surface area contributed by atoms with Crippen LogP contribution in [0.4, 0.5) is 0 Å². The maximum atomic E-state index is 11.4. The van der Waals surface area contributed by atoms with Gasteiger partial charge in [0.15, 0.2) is 5.78 Å². The van der Waals surface area contributed by atoms with E-state index >= 15 is 0 Å². The first-order chi connectivity index (χ1) is 16.9. The van der Waals surface area contributed by atoms with Crippen LogP contribution in [-0.4, -0.2) is 58.5 Å². The lowest BCUT2D eigenvalue weighted by Crippen LogP contribution is -2.22. The van der Waals surface area contributed by atoms with E-state index in [0.717, 1.165) is 85.3 Å². The highest BCUT2D eigenvalue weighted by Crippen LogP contribution is 2.21. The molecule has 0 saturated carbocycles. The van der Waals surface area contributed by atoms with E-state index in [1.165, 1.54) is 5.69 Å². The zero-order valence-electron chi connectivity index (χ0n) is 20.5. The Bertz CT molecular complexity index is 1250. The van der Waals surface area contributed by atoms with E-state index in [1.54, 1.807) is 28.0 Å². The molecule has 2 N–H and O–H groups in total. The third-order valence-corrected chi connectivity index (χ3v) is 6.68. The molecule has 1 amide bonds. The van der Waals surface area contributed by atoms with Crippen molar-refractivity contribution in [3.8, 4) is 0 Å². The van der Waals surface area contributed by atoms with Crippen molar-refractivity contribution in [2.75, 3.05) is 6.54 Å². The molecule has 3 aromatic rings. The standard InChI is InChI=1S/2C8H11N3O.C8H10N2O/c1-11-7-3-2-4-9-8(12)6(7)5-10-11;1-11-8-4-2-3-7(10-12)6(8)5-9-11;1-10-7-3-2-4-8(11)6(7)5-9-10/h5H,2-4H2,1H3,(H,9,12);5,12H,2-4H2,1H3;5H,2-4H2,1H3. The smallest absolute Gasteiger partial charge is 0.254 e. The van der Waals surface area contributed by atoms with E-state index in [-0.39, 0.29) is 11.7 Å². The fourth-order valence-electron chi connectivity index (χ4n) is 4.71. The molecule has 3 aromatic heterocycles. The van der Waals surface area contributed by atoms with Gasteiger partial charge in [0.25, 0.3) is 5.91 Å². The summed E-state index contributed by atoms with van der Waals surface area (Å²) in [6.45, 7) is 0.771. The maximum absolute atomic E-state index is 11.4. The summed E-state index contributed by atoms with van der Waals surface area (Å²) >= 11 is 0. The number of fused-ring (bicyclic) bond motifs is 3. The number of amides is 1. The molecule has 6 rings (SSSR count). The van der Waals surface area contributed by atoms with Crippen LogP contribution in [0.1, 0.15) is 75.5 Å². The third kappa shape index (κ3) is 5.18. The Labute approximate surface area is 203 Å². The summed E-state index contributed by atoms with van der Waals surface area (Å²) < 4.78 is 5.42. The van der Waals surface area contributed by atoms with E-state index < -0.39 is 0 Å². The number of ketones is 1. The van der Waals surface area contributed by atoms with Crippen molar-refractivity contribution in [1.29, 1.82) is 0 Å². The maximum Gasteiger partial charge on any atom is 0.254 e. The number of carbonyl (C=O) groups excluding carboxylic acids is 2. The largest absolute Gasteiger partial charge is 0.411 e. The predicted molar refractivity (Wildman–Crippen MR) is 129 cm³/mol. The first-order valence-electron chi connectivity index (χ1n) is 12.0. The Balaban J connectivity index is 0.000000124. The van der Waals surface area contributed by atoms with Gasteiger partial charge in [0, 0.05) is 51.1 Å². The average molecular weight is 481 g/mol. The molecule has 11 nitrogen and oxygen atoms in total. The fourth-order valence-corrected chi connectivity index (χ4v) is 4.71. The summed E-state index contributed by atoms with van der Waals surface area (Å²) in [4.78, 5) is 22.6. The number of carbonyl (C=O) groups is 2. The van der Waals surface area contributed by atoms with Crippen molar-refractivity contribution in [1.82, 2.24) is 34.7 Å². The van der Waals surface area contributed by atoms with Crippen molar-refractivity contribution in [2.45, 2.75) is 51.4 Å². The summed E-state index contributed by atoms with van der Waals surface area (Å²) in [7, 11) is 5.67. The minimum Gasteiger partial charge on any atom is -0.411 e. The van der Waals surface area contributed by atoms with Gasteiger partial charge in [-0.15, -0.1) is 0 Å². The number of nitrogens with zero attached hydrogens (tertiary/aromatic N) is 7. The van der Waals surface area contributed by atoms with Crippen LogP contribution in [0.2, 0.25) is 0 Å². The van der Waals surface area contributed by atoms with Gasteiger partial charge in [-0.2, -0.15) is 15.3 Å². The van der Waals surface area contributed by atoms with Crippen LogP contribution >= 0.6 is 0 Å². The summed E-state index contributed by atoms with van der Waals surface area (Å²) in [5, 5.41) is 27.0. The number of nitrogens with one attached hydrogen (secondary N) is 1. The molecule has 0 fully saturated rings. The quantitative estimate of drug-likeness (QED) is 0.373. The molecule has 0 spiro atoms. The Kier molecular flexibility index (Phi) is 7.42. The average Bonchev–Trinajstić information content (AvgIpc) is 3.51. The van der Waals surface area contributed by atoms with Crippen molar-refractivity contribution in [3.05, 3.63) is 52.4 Å². The lowest BCUT2D eigenvalue weighted by molar-refractivity contribution is 0.0952. The van der Waals surface area contributed by atoms with Crippen LogP contribution in [0.3, 0.4) is 0 Å². The van der Waals surface area contributed by atoms with Crippen molar-refractivity contribution in [3.63, 3.8) is 0 Å². The van der Waals surface area contributed by atoms with Gasteiger partial charge >= 0.3 is 0 Å². The number of rotatable bonds is 0. The van der Waals surface area contributed by atoms with Gasteiger partial charge in [-0.25, -0.2) is 0 Å². The lowest BCUT2D eigenvalue weighted by atomic mass is 9.96. The molecule has 0 unspecified atom stereocenters. The van der Waals surface area contributed by atoms with Crippen molar-refractivity contribution < 1.29 is 14.8 Å². The number of aryl methyl sites for hydroxylation is 3. The molecular weight excluding hydrogens is 448 g/mol. The van der Waals surface area contributed by atoms with E-state index in [0.29, 0.717) is 6.42 Å². The first-order valence-corrected chi connectivity index (χ1v) is 12.0. The number of Topliss-reactive ketones (excluding diaryl/α,β-unsaturated/α-hetero) is 1. The molecule has 0 aromatic carbocycles. The van der Waals surface area contributed by atoms with Gasteiger partial charge in [-0.05, 0) is 44.9 Å². The molecule has 0 saturated heterocycles. The van der Waals surface area contributed by atoms with Crippen LogP contribution in [0.25, 0.3) is 0 Å². The molecule has 35 heavy (non-hydrogen) atoms. The number of hydrogen-bond acceptors (Lipinski definition) is 7. The summed E-state index contributed by atoms with van der Waals surface area (Å²) in [5.41, 5.74) is 6.66. The monoisotopic (exact) mass is 480 g/mol. The molecule has 11 heteroatoms. The third-order valence-electron chi connectivity index (χ3n) is 6.68. The second kappa shape index (κ2) is 10.7. The summed E-state index contributed by atoms with van der Waals surface area (Å²) in [6.07, 6.45) is 12.6. The minimum absolute atomic E-state index is 0.00981. The molecule has 186 valence electrons. The molecular formula is C24H32N8O3. The van der Waals surface area contributed by atoms with E-state index in [9.17, 15) is 9.59 Å². The highest BCUT2D eigenvalue weighted by atomic mass is 16.4. The zero-order chi connectivity index (χ0) is 24.9. The topological polar surface area (TPSA) is 132 Å². The Morgan fingerprint density at radius 2 is 1.26 bits per heavy atom. The number of oxime groups is 1. The number of aromatic nitrogens is 6. The fraction of sp³-hybridized carbons (Fsp3) is 0.500. The molecule has 2 aliphatic carbocycles. The van der Waals surface area contributed by atoms with Crippen LogP contribution < -0.4 is 5.32 Å². The number of hydrogen-bond donors (Lipinski definition) is 2. The van der Waals surface area contributed by atoms with Crippen LogP contribution in [-0.2, 0) is 40.4 Å². The Hall–Kier alpha value is -3.76. The second-order valence-electron chi connectivity index (χ2n) is 8.92. The molecule has 0 bridgehead atoms. The second-order valence-corrected chi connectivity index (χ2v) is 8.92. The van der Waals surface area contributed by atoms with Crippen molar-refractivity contribution >= 4 is 17.4 Å². The lowest BCUT2D eigenvalue weighted by Gasteiger charge is -2.12. The minimum atomic E-state index is 0.00981. The van der Waals surface area contributed by atoms with Gasteiger partial charge in [-0.1, -0.05) is 5.16 Å². The van der Waals surface area contributed by atoms with Crippen LogP contribution in [0.15, 0.2) is 23.7 Å². The van der Waals surface area contributed by atoms with E-state index in [1.807, 2.05) is 25.8 Å². The molecule has 3 aliphatic rings. The highest BCUT2D eigenvalue weighted by Gasteiger charge is 2.21. The Morgan fingerprint density at radius 3 is 1.89 bits per heavy atom. The predicted octanol–water partition coefficient (Wildman–Crippen LogP) is 1.97. The highest BCUT2D eigenvalue weighted by molar-refractivity contribution is 6.01. The molecule has 1 aliphatic heterocycles. The van der Waals surface area contributed by atoms with Crippen LogP contribution in [0, 0.1) is 0 Å². The summed E-state index contributed by atoms with van der Waals surface area (Å²) in [6, 6.07) is 0. The molecule has 4 heterocycles. The molecule has 0 atom stereocenters. The Morgan fingerprint density at radius 1 is 0.743 bits per heavy atom. The summed E-state index contributed by atoms with van der Waals surface area (Å²) in [5.74, 6) is 0.259. The first kappa shape index (κ1) is 24.4. The van der Waals surface area contributed by atoms with E-state index in [4.69, 9.17) is 5.21 Å². The normalized spacial score (nSPS) is 17.6. The van der Waals surface area contributed by atoms with Gasteiger partial charge in [-0.3, -0.25) is 23.6 Å². The molecule has 0 radical (unpaired) electrons. The zero-order valence-corrected chi connectivity index (χ0v) is 20.5. The van der Waals surface area contributed by atoms with Gasteiger partial charge in [0.05, 0.1) is 41.1 Å². The van der Waals surface area contributed by atoms with Crippen LogP contribution in [0.5, 0.6) is 0 Å². The van der Waals surface area contributed by atoms with Gasteiger partial charge in [0.2, 0.25) is 0 Å².